The first-order valence-corrected chi connectivity index (χ1v) is 10.3. The molecule has 0 spiro atoms. The number of benzene rings is 1. The molecule has 162 valence electrons. The SMILES string of the molecule is CCOC(=O)C1CCN(CC2=C(C(=O)OC)[C@@H](c3cccc(Cl)c3)NC(=O)N2)CC1. The van der Waals surface area contributed by atoms with Crippen LogP contribution in [-0.2, 0) is 19.1 Å². The van der Waals surface area contributed by atoms with Crippen molar-refractivity contribution in [3.05, 3.63) is 46.1 Å². The zero-order valence-corrected chi connectivity index (χ0v) is 17.8. The molecule has 9 heteroatoms. The van der Waals surface area contributed by atoms with Gasteiger partial charge >= 0.3 is 18.0 Å². The molecule has 0 bridgehead atoms. The average molecular weight is 436 g/mol. The van der Waals surface area contributed by atoms with Crippen LogP contribution < -0.4 is 10.6 Å². The van der Waals surface area contributed by atoms with Crippen LogP contribution in [0.4, 0.5) is 4.79 Å². The molecule has 8 nitrogen and oxygen atoms in total. The number of carbonyl (C=O) groups is 3. The molecule has 0 aromatic heterocycles. The Labute approximate surface area is 180 Å². The summed E-state index contributed by atoms with van der Waals surface area (Å²) in [5, 5.41) is 6.05. The monoisotopic (exact) mass is 435 g/mol. The molecule has 0 radical (unpaired) electrons. The van der Waals surface area contributed by atoms with E-state index in [1.807, 2.05) is 0 Å². The highest BCUT2D eigenvalue weighted by Crippen LogP contribution is 2.30. The van der Waals surface area contributed by atoms with Crippen molar-refractivity contribution in [3.63, 3.8) is 0 Å². The number of piperidine rings is 1. The minimum absolute atomic E-state index is 0.114. The van der Waals surface area contributed by atoms with Crippen LogP contribution in [0.2, 0.25) is 5.02 Å². The molecule has 1 atom stereocenters. The smallest absolute Gasteiger partial charge is 0.338 e. The molecule has 2 amide bonds. The van der Waals surface area contributed by atoms with Crippen LogP contribution in [0.15, 0.2) is 35.5 Å². The zero-order valence-electron chi connectivity index (χ0n) is 17.1. The Balaban J connectivity index is 1.82. The maximum Gasteiger partial charge on any atom is 0.338 e. The highest BCUT2D eigenvalue weighted by molar-refractivity contribution is 6.30. The van der Waals surface area contributed by atoms with E-state index in [4.69, 9.17) is 21.1 Å². The van der Waals surface area contributed by atoms with Crippen molar-refractivity contribution in [2.45, 2.75) is 25.8 Å². The van der Waals surface area contributed by atoms with Crippen molar-refractivity contribution in [3.8, 4) is 0 Å². The lowest BCUT2D eigenvalue weighted by atomic mass is 9.93. The maximum absolute atomic E-state index is 12.6. The van der Waals surface area contributed by atoms with E-state index in [0.29, 0.717) is 60.9 Å². The van der Waals surface area contributed by atoms with Gasteiger partial charge in [0.1, 0.15) is 0 Å². The number of urea groups is 1. The fourth-order valence-corrected chi connectivity index (χ4v) is 4.04. The number of methoxy groups -OCH3 is 1. The summed E-state index contributed by atoms with van der Waals surface area (Å²) in [6, 6.07) is 5.93. The number of ether oxygens (including phenoxy) is 2. The minimum atomic E-state index is -0.669. The van der Waals surface area contributed by atoms with Crippen molar-refractivity contribution in [2.75, 3.05) is 33.4 Å². The summed E-state index contributed by atoms with van der Waals surface area (Å²) < 4.78 is 10.1. The molecule has 1 fully saturated rings. The van der Waals surface area contributed by atoms with Gasteiger partial charge in [-0.1, -0.05) is 23.7 Å². The number of nitrogens with one attached hydrogen (secondary N) is 2. The lowest BCUT2D eigenvalue weighted by Crippen LogP contribution is -2.49. The quantitative estimate of drug-likeness (QED) is 0.666. The third-order valence-corrected chi connectivity index (χ3v) is 5.57. The summed E-state index contributed by atoms with van der Waals surface area (Å²) in [4.78, 5) is 39.0. The molecule has 0 aliphatic carbocycles. The molecular formula is C21H26ClN3O5. The topological polar surface area (TPSA) is 97.0 Å². The Morgan fingerprint density at radius 1 is 1.27 bits per heavy atom. The number of nitrogens with zero attached hydrogens (tertiary/aromatic N) is 1. The summed E-state index contributed by atoms with van der Waals surface area (Å²) in [6.07, 6.45) is 1.34. The first kappa shape index (κ1) is 22.1. The third-order valence-electron chi connectivity index (χ3n) is 5.33. The molecular weight excluding hydrogens is 410 g/mol. The number of hydrogen-bond donors (Lipinski definition) is 2. The largest absolute Gasteiger partial charge is 0.466 e. The second-order valence-corrected chi connectivity index (χ2v) is 7.71. The molecule has 1 saturated heterocycles. The van der Waals surface area contributed by atoms with Crippen LogP contribution in [0.25, 0.3) is 0 Å². The predicted molar refractivity (Wildman–Crippen MR) is 111 cm³/mol. The minimum Gasteiger partial charge on any atom is -0.466 e. The number of rotatable bonds is 6. The fourth-order valence-electron chi connectivity index (χ4n) is 3.84. The molecule has 0 saturated carbocycles. The standard InChI is InChI=1S/C21H26ClN3O5/c1-3-30-19(26)13-7-9-25(10-8-13)12-16-17(20(27)29-2)18(24-21(28)23-16)14-5-4-6-15(22)11-14/h4-6,11,13,18H,3,7-10,12H2,1-2H3,(H2,23,24,28)/t18-/m1/s1. The Morgan fingerprint density at radius 3 is 2.63 bits per heavy atom. The Hall–Kier alpha value is -2.58. The highest BCUT2D eigenvalue weighted by atomic mass is 35.5. The molecule has 3 rings (SSSR count). The summed E-state index contributed by atoms with van der Waals surface area (Å²) in [7, 11) is 1.31. The van der Waals surface area contributed by atoms with Crippen molar-refractivity contribution in [1.82, 2.24) is 15.5 Å². The van der Waals surface area contributed by atoms with Gasteiger partial charge in [0.15, 0.2) is 0 Å². The molecule has 0 unspecified atom stereocenters. The number of esters is 2. The molecule has 1 aromatic rings. The van der Waals surface area contributed by atoms with Gasteiger partial charge < -0.3 is 20.1 Å². The van der Waals surface area contributed by atoms with Gasteiger partial charge in [-0.15, -0.1) is 0 Å². The third kappa shape index (κ3) is 5.12. The first-order valence-electron chi connectivity index (χ1n) is 9.96. The lowest BCUT2D eigenvalue weighted by molar-refractivity contribution is -0.149. The van der Waals surface area contributed by atoms with Gasteiger partial charge in [0.05, 0.1) is 31.2 Å². The Morgan fingerprint density at radius 2 is 2.00 bits per heavy atom. The van der Waals surface area contributed by atoms with E-state index >= 15 is 0 Å². The number of amides is 2. The lowest BCUT2D eigenvalue weighted by Gasteiger charge is -2.34. The van der Waals surface area contributed by atoms with Gasteiger partial charge in [-0.05, 0) is 50.6 Å². The van der Waals surface area contributed by atoms with Gasteiger partial charge in [0, 0.05) is 17.3 Å². The molecule has 2 aliphatic rings. The maximum atomic E-state index is 12.6. The van der Waals surface area contributed by atoms with Crippen LogP contribution in [-0.4, -0.2) is 56.2 Å². The highest BCUT2D eigenvalue weighted by Gasteiger charge is 2.35. The average Bonchev–Trinajstić information content (AvgIpc) is 2.73. The molecule has 1 aromatic carbocycles. The van der Waals surface area contributed by atoms with Gasteiger partial charge in [0.2, 0.25) is 0 Å². The Kier molecular flexibility index (Phi) is 7.33. The van der Waals surface area contributed by atoms with Gasteiger partial charge in [0.25, 0.3) is 0 Å². The van der Waals surface area contributed by atoms with Gasteiger partial charge in [-0.3, -0.25) is 9.69 Å². The summed E-state index contributed by atoms with van der Waals surface area (Å²) in [6.45, 7) is 3.85. The number of hydrogen-bond acceptors (Lipinski definition) is 6. The van der Waals surface area contributed by atoms with Gasteiger partial charge in [-0.25, -0.2) is 9.59 Å². The van der Waals surface area contributed by atoms with Crippen LogP contribution in [0.5, 0.6) is 0 Å². The van der Waals surface area contributed by atoms with Crippen molar-refractivity contribution < 1.29 is 23.9 Å². The van der Waals surface area contributed by atoms with E-state index in [1.54, 1.807) is 31.2 Å². The Bertz CT molecular complexity index is 849. The number of likely N-dealkylation sites (tertiary alicyclic amines) is 1. The van der Waals surface area contributed by atoms with Gasteiger partial charge in [-0.2, -0.15) is 0 Å². The number of carbonyl (C=O) groups excluding carboxylic acids is 3. The van der Waals surface area contributed by atoms with Crippen LogP contribution in [0, 0.1) is 5.92 Å². The second-order valence-electron chi connectivity index (χ2n) is 7.27. The molecule has 2 aliphatic heterocycles. The summed E-state index contributed by atoms with van der Waals surface area (Å²) in [5.74, 6) is -0.802. The molecule has 30 heavy (non-hydrogen) atoms. The van der Waals surface area contributed by atoms with Crippen molar-refractivity contribution in [1.29, 1.82) is 0 Å². The van der Waals surface area contributed by atoms with E-state index in [0.717, 1.165) is 0 Å². The van der Waals surface area contributed by atoms with E-state index in [2.05, 4.69) is 15.5 Å². The van der Waals surface area contributed by atoms with Crippen molar-refractivity contribution >= 4 is 29.6 Å². The van der Waals surface area contributed by atoms with Crippen LogP contribution in [0.1, 0.15) is 31.4 Å². The predicted octanol–water partition coefficient (Wildman–Crippen LogP) is 2.40. The summed E-state index contributed by atoms with van der Waals surface area (Å²) in [5.41, 5.74) is 1.52. The van der Waals surface area contributed by atoms with Crippen molar-refractivity contribution in [2.24, 2.45) is 5.92 Å². The van der Waals surface area contributed by atoms with E-state index in [-0.39, 0.29) is 11.9 Å². The van der Waals surface area contributed by atoms with E-state index < -0.39 is 18.0 Å². The first-order chi connectivity index (χ1) is 14.4. The van der Waals surface area contributed by atoms with E-state index in [9.17, 15) is 14.4 Å². The number of halogens is 1. The normalized spacial score (nSPS) is 20.4. The fraction of sp³-hybridized carbons (Fsp3) is 0.476. The second kappa shape index (κ2) is 9.95. The van der Waals surface area contributed by atoms with E-state index in [1.165, 1.54) is 7.11 Å². The zero-order chi connectivity index (χ0) is 21.7. The summed E-state index contributed by atoms with van der Waals surface area (Å²) >= 11 is 6.11. The molecule has 2 N–H and O–H groups in total. The van der Waals surface area contributed by atoms with Crippen LogP contribution in [0.3, 0.4) is 0 Å². The van der Waals surface area contributed by atoms with Crippen LogP contribution >= 0.6 is 11.6 Å². The molecule has 2 heterocycles.